The molecule has 3 rings (SSSR count). The zero-order valence-electron chi connectivity index (χ0n) is 15.2. The maximum absolute atomic E-state index is 12.4. The molecule has 0 bridgehead atoms. The second-order valence-corrected chi connectivity index (χ2v) is 8.10. The number of thiophene rings is 1. The van der Waals surface area contributed by atoms with Gasteiger partial charge in [-0.25, -0.2) is 0 Å². The minimum Gasteiger partial charge on any atom is -0.481 e. The number of hydrogen-bond acceptors (Lipinski definition) is 4. The first kappa shape index (κ1) is 19.7. The average Bonchev–Trinajstić information content (AvgIpc) is 3.17. The standard InChI is InChI=1S/C20H23ClN2O3S/c1-14(26-17-6-4-15(21)5-7-17)20(25)22-16-8-10-23(11-9-16)19(24)13-18-3-2-12-27-18/h2-7,12,14,16H,8-11,13H2,1H3,(H,22,25). The van der Waals surface area contributed by atoms with E-state index >= 15 is 0 Å². The summed E-state index contributed by atoms with van der Waals surface area (Å²) in [5.74, 6) is 0.617. The van der Waals surface area contributed by atoms with E-state index in [0.717, 1.165) is 17.7 Å². The lowest BCUT2D eigenvalue weighted by molar-refractivity contribution is -0.132. The van der Waals surface area contributed by atoms with Crippen molar-refractivity contribution in [1.82, 2.24) is 10.2 Å². The Morgan fingerprint density at radius 2 is 1.96 bits per heavy atom. The number of benzene rings is 1. The number of halogens is 1. The lowest BCUT2D eigenvalue weighted by Gasteiger charge is -2.33. The molecule has 7 heteroatoms. The first-order chi connectivity index (χ1) is 13.0. The van der Waals surface area contributed by atoms with Crippen LogP contribution in [-0.2, 0) is 16.0 Å². The molecule has 0 radical (unpaired) electrons. The summed E-state index contributed by atoms with van der Waals surface area (Å²) in [7, 11) is 0. The van der Waals surface area contributed by atoms with E-state index in [0.29, 0.717) is 30.3 Å². The third-order valence-electron chi connectivity index (χ3n) is 4.60. The molecule has 2 heterocycles. The van der Waals surface area contributed by atoms with E-state index in [9.17, 15) is 9.59 Å². The number of nitrogens with zero attached hydrogens (tertiary/aromatic N) is 1. The molecule has 1 aliphatic heterocycles. The van der Waals surface area contributed by atoms with Gasteiger partial charge in [0.1, 0.15) is 5.75 Å². The molecule has 0 aliphatic carbocycles. The van der Waals surface area contributed by atoms with E-state index in [1.165, 1.54) is 0 Å². The summed E-state index contributed by atoms with van der Waals surface area (Å²) in [6, 6.07) is 10.9. The van der Waals surface area contributed by atoms with Crippen molar-refractivity contribution in [2.75, 3.05) is 13.1 Å². The summed E-state index contributed by atoms with van der Waals surface area (Å²) in [4.78, 5) is 27.7. The van der Waals surface area contributed by atoms with Crippen LogP contribution in [-0.4, -0.2) is 41.9 Å². The minimum absolute atomic E-state index is 0.0690. The Balaban J connectivity index is 1.42. The van der Waals surface area contributed by atoms with Gasteiger partial charge in [-0.15, -0.1) is 11.3 Å². The molecule has 1 saturated heterocycles. The number of amides is 2. The van der Waals surface area contributed by atoms with Crippen LogP contribution in [0.2, 0.25) is 5.02 Å². The fraction of sp³-hybridized carbons (Fsp3) is 0.400. The van der Waals surface area contributed by atoms with Crippen molar-refractivity contribution < 1.29 is 14.3 Å². The number of carbonyl (C=O) groups excluding carboxylic acids is 2. The predicted molar refractivity (Wildman–Crippen MR) is 107 cm³/mol. The van der Waals surface area contributed by atoms with Crippen molar-refractivity contribution in [2.24, 2.45) is 0 Å². The quantitative estimate of drug-likeness (QED) is 0.798. The first-order valence-electron chi connectivity index (χ1n) is 9.04. The Morgan fingerprint density at radius 3 is 2.59 bits per heavy atom. The fourth-order valence-electron chi connectivity index (χ4n) is 3.04. The molecule has 0 spiro atoms. The van der Waals surface area contributed by atoms with Crippen molar-refractivity contribution in [1.29, 1.82) is 0 Å². The fourth-order valence-corrected chi connectivity index (χ4v) is 3.86. The van der Waals surface area contributed by atoms with Crippen LogP contribution in [0.25, 0.3) is 0 Å². The van der Waals surface area contributed by atoms with Gasteiger partial charge in [0, 0.05) is 29.0 Å². The summed E-state index contributed by atoms with van der Waals surface area (Å²) >= 11 is 7.45. The van der Waals surface area contributed by atoms with Crippen LogP contribution in [0, 0.1) is 0 Å². The highest BCUT2D eigenvalue weighted by molar-refractivity contribution is 7.10. The van der Waals surface area contributed by atoms with Crippen LogP contribution in [0.4, 0.5) is 0 Å². The first-order valence-corrected chi connectivity index (χ1v) is 10.3. The summed E-state index contributed by atoms with van der Waals surface area (Å²) in [6.07, 6.45) is 1.39. The summed E-state index contributed by atoms with van der Waals surface area (Å²) in [5.41, 5.74) is 0. The molecule has 1 N–H and O–H groups in total. The van der Waals surface area contributed by atoms with Crippen molar-refractivity contribution in [3.63, 3.8) is 0 Å². The second kappa shape index (κ2) is 9.24. The van der Waals surface area contributed by atoms with Crippen molar-refractivity contribution in [3.8, 4) is 5.75 Å². The summed E-state index contributed by atoms with van der Waals surface area (Å²) in [6.45, 7) is 3.06. The maximum atomic E-state index is 12.4. The third-order valence-corrected chi connectivity index (χ3v) is 5.72. The van der Waals surface area contributed by atoms with Gasteiger partial charge in [0.05, 0.1) is 6.42 Å². The average molecular weight is 407 g/mol. The monoisotopic (exact) mass is 406 g/mol. The molecule has 1 aromatic heterocycles. The van der Waals surface area contributed by atoms with E-state index in [-0.39, 0.29) is 17.9 Å². The van der Waals surface area contributed by atoms with E-state index in [1.807, 2.05) is 22.4 Å². The van der Waals surface area contributed by atoms with Crippen molar-refractivity contribution in [3.05, 3.63) is 51.7 Å². The van der Waals surface area contributed by atoms with Crippen LogP contribution in [0.5, 0.6) is 5.75 Å². The Bertz CT molecular complexity index is 756. The third kappa shape index (κ3) is 5.71. The highest BCUT2D eigenvalue weighted by atomic mass is 35.5. The zero-order valence-corrected chi connectivity index (χ0v) is 16.8. The van der Waals surface area contributed by atoms with E-state index in [2.05, 4.69) is 5.32 Å². The Labute approximate surface area is 168 Å². The minimum atomic E-state index is -0.593. The van der Waals surface area contributed by atoms with E-state index < -0.39 is 6.10 Å². The van der Waals surface area contributed by atoms with Gasteiger partial charge in [-0.2, -0.15) is 0 Å². The van der Waals surface area contributed by atoms with Gasteiger partial charge in [0.2, 0.25) is 5.91 Å². The largest absolute Gasteiger partial charge is 0.481 e. The molecule has 27 heavy (non-hydrogen) atoms. The van der Waals surface area contributed by atoms with Crippen LogP contribution >= 0.6 is 22.9 Å². The maximum Gasteiger partial charge on any atom is 0.260 e. The van der Waals surface area contributed by atoms with Crippen LogP contribution in [0.15, 0.2) is 41.8 Å². The molecule has 1 fully saturated rings. The van der Waals surface area contributed by atoms with Gasteiger partial charge in [0.25, 0.3) is 5.91 Å². The van der Waals surface area contributed by atoms with Gasteiger partial charge in [-0.3, -0.25) is 9.59 Å². The number of rotatable bonds is 6. The smallest absolute Gasteiger partial charge is 0.260 e. The van der Waals surface area contributed by atoms with Gasteiger partial charge < -0.3 is 15.0 Å². The number of carbonyl (C=O) groups is 2. The van der Waals surface area contributed by atoms with Crippen molar-refractivity contribution in [2.45, 2.75) is 38.3 Å². The Kier molecular flexibility index (Phi) is 6.74. The zero-order chi connectivity index (χ0) is 19.2. The topological polar surface area (TPSA) is 58.6 Å². The molecule has 1 aromatic carbocycles. The molecule has 5 nitrogen and oxygen atoms in total. The lowest BCUT2D eigenvalue weighted by Crippen LogP contribution is -2.49. The predicted octanol–water partition coefficient (Wildman–Crippen LogP) is 3.52. The molecular formula is C20H23ClN2O3S. The molecule has 1 atom stereocenters. The van der Waals surface area contributed by atoms with Crippen LogP contribution < -0.4 is 10.1 Å². The molecule has 1 aliphatic rings. The molecular weight excluding hydrogens is 384 g/mol. The van der Waals surface area contributed by atoms with Gasteiger partial charge in [0.15, 0.2) is 6.10 Å². The van der Waals surface area contributed by atoms with Gasteiger partial charge in [-0.05, 0) is 55.5 Å². The SMILES string of the molecule is CC(Oc1ccc(Cl)cc1)C(=O)NC1CCN(C(=O)Cc2cccs2)CC1. The van der Waals surface area contributed by atoms with Gasteiger partial charge >= 0.3 is 0 Å². The number of likely N-dealkylation sites (tertiary alicyclic amines) is 1. The Morgan fingerprint density at radius 1 is 1.26 bits per heavy atom. The van der Waals surface area contributed by atoms with E-state index in [4.69, 9.17) is 16.3 Å². The van der Waals surface area contributed by atoms with Crippen molar-refractivity contribution >= 4 is 34.8 Å². The van der Waals surface area contributed by atoms with Crippen LogP contribution in [0.3, 0.4) is 0 Å². The van der Waals surface area contributed by atoms with Crippen LogP contribution in [0.1, 0.15) is 24.6 Å². The number of hydrogen-bond donors (Lipinski definition) is 1. The number of piperidine rings is 1. The Hall–Kier alpha value is -2.05. The lowest BCUT2D eigenvalue weighted by atomic mass is 10.0. The molecule has 1 unspecified atom stereocenters. The normalized spacial score (nSPS) is 16.0. The van der Waals surface area contributed by atoms with Gasteiger partial charge in [-0.1, -0.05) is 17.7 Å². The number of ether oxygens (including phenoxy) is 1. The molecule has 0 saturated carbocycles. The summed E-state index contributed by atoms with van der Waals surface area (Å²) in [5, 5.41) is 5.64. The molecule has 2 amide bonds. The molecule has 144 valence electrons. The summed E-state index contributed by atoms with van der Waals surface area (Å²) < 4.78 is 5.66. The second-order valence-electron chi connectivity index (χ2n) is 6.63. The van der Waals surface area contributed by atoms with E-state index in [1.54, 1.807) is 42.5 Å². The molecule has 2 aromatic rings. The highest BCUT2D eigenvalue weighted by Gasteiger charge is 2.25. The number of nitrogens with one attached hydrogen (secondary N) is 1. The highest BCUT2D eigenvalue weighted by Crippen LogP contribution is 2.18.